The average molecular weight is 373 g/mol. The van der Waals surface area contributed by atoms with E-state index in [1.807, 2.05) is 0 Å². The Bertz CT molecular complexity index is 718. The molecule has 2 fully saturated rings. The fourth-order valence-corrected chi connectivity index (χ4v) is 3.17. The maximum absolute atomic E-state index is 13.9. The highest BCUT2D eigenvalue weighted by atomic mass is 19.4. The topological polar surface area (TPSA) is 70.2 Å². The molecule has 1 aromatic rings. The Balaban J connectivity index is 1.77. The van der Waals surface area contributed by atoms with Gasteiger partial charge in [-0.1, -0.05) is 6.07 Å². The van der Waals surface area contributed by atoms with Crippen molar-refractivity contribution in [1.29, 1.82) is 0 Å². The van der Waals surface area contributed by atoms with Gasteiger partial charge in [-0.25, -0.2) is 4.39 Å². The van der Waals surface area contributed by atoms with Gasteiger partial charge in [-0.15, -0.1) is 0 Å². The van der Waals surface area contributed by atoms with Gasteiger partial charge in [0.1, 0.15) is 5.82 Å². The van der Waals surface area contributed by atoms with E-state index in [4.69, 9.17) is 0 Å². The molecule has 1 aliphatic heterocycles. The quantitative estimate of drug-likeness (QED) is 0.709. The molecule has 2 unspecified atom stereocenters. The lowest BCUT2D eigenvalue weighted by Crippen LogP contribution is -2.59. The smallest absolute Gasteiger partial charge is 0.348 e. The largest absolute Gasteiger partial charge is 0.419 e. The lowest BCUT2D eigenvalue weighted by atomic mass is 9.99. The fourth-order valence-electron chi connectivity index (χ4n) is 3.17. The number of carbonyl (C=O) groups is 2. The number of amides is 2. The van der Waals surface area contributed by atoms with Crippen LogP contribution in [0.3, 0.4) is 0 Å². The Hall–Kier alpha value is -2.16. The minimum absolute atomic E-state index is 0.0328. The number of nitrogens with one attached hydrogen (secondary N) is 3. The first-order valence-electron chi connectivity index (χ1n) is 8.37. The van der Waals surface area contributed by atoms with Gasteiger partial charge < -0.3 is 10.6 Å². The molecular weight excluding hydrogens is 354 g/mol. The minimum atomic E-state index is -4.77. The van der Waals surface area contributed by atoms with Gasteiger partial charge in [-0.05, 0) is 43.4 Å². The maximum atomic E-state index is 13.9. The van der Waals surface area contributed by atoms with Crippen LogP contribution < -0.4 is 16.0 Å². The van der Waals surface area contributed by atoms with Crippen molar-refractivity contribution in [2.24, 2.45) is 5.92 Å². The molecule has 142 valence electrons. The Morgan fingerprint density at radius 1 is 1.31 bits per heavy atom. The van der Waals surface area contributed by atoms with Crippen molar-refractivity contribution in [3.8, 4) is 0 Å². The van der Waals surface area contributed by atoms with Crippen LogP contribution >= 0.6 is 0 Å². The van der Waals surface area contributed by atoms with Crippen LogP contribution in [0.1, 0.15) is 43.4 Å². The Morgan fingerprint density at radius 3 is 2.54 bits per heavy atom. The molecule has 1 aliphatic carbocycles. The van der Waals surface area contributed by atoms with Crippen molar-refractivity contribution >= 4 is 11.8 Å². The Kier molecular flexibility index (Phi) is 4.92. The summed E-state index contributed by atoms with van der Waals surface area (Å²) in [6.07, 6.45) is -3.58. The summed E-state index contributed by atoms with van der Waals surface area (Å²) >= 11 is 0. The van der Waals surface area contributed by atoms with E-state index in [0.717, 1.165) is 18.9 Å². The molecule has 2 aliphatic rings. The van der Waals surface area contributed by atoms with E-state index in [1.165, 1.54) is 6.07 Å². The number of alkyl halides is 3. The maximum Gasteiger partial charge on any atom is 0.419 e. The zero-order valence-electron chi connectivity index (χ0n) is 14.0. The number of rotatable bonds is 4. The Morgan fingerprint density at radius 2 is 2.00 bits per heavy atom. The highest BCUT2D eigenvalue weighted by molar-refractivity contribution is 5.89. The lowest BCUT2D eigenvalue weighted by Gasteiger charge is -2.30. The van der Waals surface area contributed by atoms with Crippen LogP contribution in [0.4, 0.5) is 17.6 Å². The molecule has 9 heteroatoms. The van der Waals surface area contributed by atoms with Crippen molar-refractivity contribution in [2.45, 2.75) is 50.6 Å². The highest BCUT2D eigenvalue weighted by Crippen LogP contribution is 2.42. The molecule has 3 N–H and O–H groups in total. The summed E-state index contributed by atoms with van der Waals surface area (Å²) in [7, 11) is 0. The van der Waals surface area contributed by atoms with Crippen LogP contribution in [0.25, 0.3) is 0 Å². The van der Waals surface area contributed by atoms with Crippen molar-refractivity contribution in [3.63, 3.8) is 0 Å². The molecule has 1 saturated heterocycles. The zero-order valence-corrected chi connectivity index (χ0v) is 14.0. The number of benzene rings is 1. The van der Waals surface area contributed by atoms with E-state index in [1.54, 1.807) is 6.92 Å². The molecule has 2 amide bonds. The van der Waals surface area contributed by atoms with Gasteiger partial charge in [0.25, 0.3) is 0 Å². The Labute approximate surface area is 147 Å². The van der Waals surface area contributed by atoms with Crippen LogP contribution in [0.15, 0.2) is 18.2 Å². The highest BCUT2D eigenvalue weighted by Gasteiger charge is 2.38. The molecule has 3 rings (SSSR count). The molecule has 1 aromatic carbocycles. The zero-order chi connectivity index (χ0) is 19.1. The van der Waals surface area contributed by atoms with Crippen LogP contribution in [-0.4, -0.2) is 24.0 Å². The van der Waals surface area contributed by atoms with Gasteiger partial charge in [0.2, 0.25) is 11.8 Å². The second-order valence-corrected chi connectivity index (χ2v) is 6.77. The molecule has 26 heavy (non-hydrogen) atoms. The first-order chi connectivity index (χ1) is 12.1. The van der Waals surface area contributed by atoms with Crippen molar-refractivity contribution < 1.29 is 27.2 Å². The molecule has 5 nitrogen and oxygen atoms in total. The standard InChI is InChI=1S/C17H19F4N3O2/c1-8-22-13(7-14(25)23-8)16(26)24-15(9-2-3-9)10-4-5-11(12(18)6-10)17(19,20)21/h4-6,8-9,13,15,22H,2-3,7H2,1H3,(H,23,25)(H,24,26)/t8?,13?,15-/m1/s1. The predicted octanol–water partition coefficient (Wildman–Crippen LogP) is 2.24. The summed E-state index contributed by atoms with van der Waals surface area (Å²) in [5.74, 6) is -2.01. The average Bonchev–Trinajstić information content (AvgIpc) is 3.34. The van der Waals surface area contributed by atoms with E-state index >= 15 is 0 Å². The van der Waals surface area contributed by atoms with Crippen LogP contribution in [0, 0.1) is 11.7 Å². The van der Waals surface area contributed by atoms with E-state index in [2.05, 4.69) is 16.0 Å². The molecule has 1 saturated carbocycles. The third-order valence-electron chi connectivity index (χ3n) is 4.58. The molecule has 1 heterocycles. The number of halogens is 4. The summed E-state index contributed by atoms with van der Waals surface area (Å²) in [4.78, 5) is 24.1. The van der Waals surface area contributed by atoms with Crippen LogP contribution in [-0.2, 0) is 15.8 Å². The first kappa shape index (κ1) is 18.6. The first-order valence-corrected chi connectivity index (χ1v) is 8.37. The second-order valence-electron chi connectivity index (χ2n) is 6.77. The summed E-state index contributed by atoms with van der Waals surface area (Å²) in [6.45, 7) is 1.70. The molecular formula is C17H19F4N3O2. The summed E-state index contributed by atoms with van der Waals surface area (Å²) in [5.41, 5.74) is -1.04. The van der Waals surface area contributed by atoms with Gasteiger partial charge in [0, 0.05) is 0 Å². The van der Waals surface area contributed by atoms with Gasteiger partial charge in [-0.3, -0.25) is 14.9 Å². The van der Waals surface area contributed by atoms with E-state index in [-0.39, 0.29) is 24.4 Å². The number of hydrogen-bond acceptors (Lipinski definition) is 3. The normalized spacial score (nSPS) is 24.7. The fraction of sp³-hybridized carbons (Fsp3) is 0.529. The second kappa shape index (κ2) is 6.86. The van der Waals surface area contributed by atoms with Crippen molar-refractivity contribution in [2.75, 3.05) is 0 Å². The molecule has 0 bridgehead atoms. The van der Waals surface area contributed by atoms with Crippen molar-refractivity contribution in [1.82, 2.24) is 16.0 Å². The molecule has 0 aromatic heterocycles. The van der Waals surface area contributed by atoms with E-state index in [9.17, 15) is 27.2 Å². The SMILES string of the molecule is CC1NC(=O)CC(C(=O)N[C@@H](c2ccc(C(F)(F)F)c(F)c2)C2CC2)N1. The lowest BCUT2D eigenvalue weighted by molar-refractivity contribution is -0.140. The van der Waals surface area contributed by atoms with Gasteiger partial charge in [0.15, 0.2) is 0 Å². The number of hydrogen-bond donors (Lipinski definition) is 3. The third-order valence-corrected chi connectivity index (χ3v) is 4.58. The molecule has 3 atom stereocenters. The number of carbonyl (C=O) groups excluding carboxylic acids is 2. The van der Waals surface area contributed by atoms with E-state index in [0.29, 0.717) is 11.6 Å². The third kappa shape index (κ3) is 4.14. The predicted molar refractivity (Wildman–Crippen MR) is 84.2 cm³/mol. The van der Waals surface area contributed by atoms with Gasteiger partial charge in [-0.2, -0.15) is 13.2 Å². The van der Waals surface area contributed by atoms with Crippen molar-refractivity contribution in [3.05, 3.63) is 35.1 Å². The van der Waals surface area contributed by atoms with Gasteiger partial charge in [0.05, 0.1) is 30.2 Å². The van der Waals surface area contributed by atoms with Gasteiger partial charge >= 0.3 is 6.18 Å². The summed E-state index contributed by atoms with van der Waals surface area (Å²) < 4.78 is 52.1. The summed E-state index contributed by atoms with van der Waals surface area (Å²) in [6, 6.07) is 1.40. The van der Waals surface area contributed by atoms with E-state index < -0.39 is 35.5 Å². The summed E-state index contributed by atoms with van der Waals surface area (Å²) in [5, 5.41) is 8.32. The van der Waals surface area contributed by atoms with Crippen LogP contribution in [0.5, 0.6) is 0 Å². The molecule has 0 radical (unpaired) electrons. The van der Waals surface area contributed by atoms with Crippen LogP contribution in [0.2, 0.25) is 0 Å². The monoisotopic (exact) mass is 373 g/mol. The minimum Gasteiger partial charge on any atom is -0.348 e. The molecule has 0 spiro atoms.